The van der Waals surface area contributed by atoms with Gasteiger partial charge in [-0.1, -0.05) is 31.8 Å². The maximum Gasteiger partial charge on any atom is 0.0915 e. The van der Waals surface area contributed by atoms with Crippen molar-refractivity contribution in [3.8, 4) is 6.07 Å². The van der Waals surface area contributed by atoms with E-state index in [4.69, 9.17) is 0 Å². The Morgan fingerprint density at radius 3 is 2.70 bits per heavy atom. The predicted octanol–water partition coefficient (Wildman–Crippen LogP) is 5.00. The lowest BCUT2D eigenvalue weighted by molar-refractivity contribution is -0.108. The first kappa shape index (κ1) is 15.5. The summed E-state index contributed by atoms with van der Waals surface area (Å²) in [7, 11) is 0. The van der Waals surface area contributed by atoms with E-state index in [0.717, 1.165) is 24.0 Å². The van der Waals surface area contributed by atoms with Gasteiger partial charge in [-0.25, -0.2) is 0 Å². The molecule has 0 aromatic heterocycles. The normalized spacial score (nSPS) is 54.0. The fourth-order valence-corrected chi connectivity index (χ4v) is 7.46. The third-order valence-corrected chi connectivity index (χ3v) is 8.53. The highest BCUT2D eigenvalue weighted by molar-refractivity contribution is 5.91. The number of hydrogen-bond acceptors (Lipinski definition) is 3. The number of nitrogens with zero attached hydrogens (tertiary/aromatic N) is 2. The van der Waals surface area contributed by atoms with E-state index in [2.05, 4.69) is 25.1 Å². The van der Waals surface area contributed by atoms with Crippen LogP contribution in [0.4, 0.5) is 0 Å². The van der Waals surface area contributed by atoms with Gasteiger partial charge < -0.3 is 5.21 Å². The Bertz CT molecular complexity index is 564. The summed E-state index contributed by atoms with van der Waals surface area (Å²) < 4.78 is 0. The summed E-state index contributed by atoms with van der Waals surface area (Å²) in [5, 5.41) is 22.7. The highest BCUT2D eigenvalue weighted by Gasteiger charge is 2.61. The highest BCUT2D eigenvalue weighted by atomic mass is 16.4. The average molecular weight is 314 g/mol. The third kappa shape index (κ3) is 2.03. The maximum atomic E-state index is 9.77. The van der Waals surface area contributed by atoms with Gasteiger partial charge in [0.15, 0.2) is 0 Å². The molecule has 0 heterocycles. The molecule has 3 heteroatoms. The van der Waals surface area contributed by atoms with Crippen LogP contribution in [0, 0.1) is 51.8 Å². The van der Waals surface area contributed by atoms with Gasteiger partial charge >= 0.3 is 0 Å². The molecule has 0 radical (unpaired) electrons. The van der Waals surface area contributed by atoms with Gasteiger partial charge in [0.05, 0.1) is 17.7 Å². The smallest absolute Gasteiger partial charge is 0.0915 e. The molecule has 4 aliphatic carbocycles. The summed E-state index contributed by atoms with van der Waals surface area (Å²) >= 11 is 0. The Balaban J connectivity index is 1.71. The van der Waals surface area contributed by atoms with E-state index in [0.29, 0.717) is 17.3 Å². The molecule has 0 bridgehead atoms. The van der Waals surface area contributed by atoms with E-state index in [1.54, 1.807) is 0 Å². The molecule has 0 aromatic rings. The standard InChI is InChI=1S/C20H30N2O/c1-19-10-8-16-14(18(19)15(12-21)17(11-19)22-23)7-6-13-5-3-4-9-20(13,16)2/h13-16,18,23H,3-11H2,1-2H3/b22-17+/t13-,14+,15-,16-,18-,19-,20+/m1/s1. The van der Waals surface area contributed by atoms with Crippen molar-refractivity contribution in [1.82, 2.24) is 0 Å². The lowest BCUT2D eigenvalue weighted by Crippen LogP contribution is -2.52. The molecule has 4 rings (SSSR count). The summed E-state index contributed by atoms with van der Waals surface area (Å²) in [5.74, 6) is 2.62. The largest absolute Gasteiger partial charge is 0.411 e. The summed E-state index contributed by atoms with van der Waals surface area (Å²) in [6.45, 7) is 4.92. The van der Waals surface area contributed by atoms with E-state index in [1.165, 1.54) is 51.4 Å². The average Bonchev–Trinajstić information content (AvgIpc) is 2.86. The molecule has 7 atom stereocenters. The van der Waals surface area contributed by atoms with Crippen LogP contribution in [0.1, 0.15) is 71.6 Å². The molecular weight excluding hydrogens is 284 g/mol. The zero-order chi connectivity index (χ0) is 16.2. The number of oxime groups is 1. The van der Waals surface area contributed by atoms with Crippen molar-refractivity contribution in [1.29, 1.82) is 5.26 Å². The molecule has 126 valence electrons. The molecule has 0 amide bonds. The lowest BCUT2D eigenvalue weighted by atomic mass is 9.45. The van der Waals surface area contributed by atoms with Crippen molar-refractivity contribution in [3.05, 3.63) is 0 Å². The lowest BCUT2D eigenvalue weighted by Gasteiger charge is -2.60. The highest BCUT2D eigenvalue weighted by Crippen LogP contribution is 2.66. The fourth-order valence-electron chi connectivity index (χ4n) is 7.46. The second kappa shape index (κ2) is 5.23. The minimum atomic E-state index is -0.151. The molecule has 3 nitrogen and oxygen atoms in total. The molecular formula is C20H30N2O. The quantitative estimate of drug-likeness (QED) is 0.505. The van der Waals surface area contributed by atoms with Gasteiger partial charge in [-0.05, 0) is 79.4 Å². The van der Waals surface area contributed by atoms with Crippen LogP contribution in [-0.2, 0) is 0 Å². The van der Waals surface area contributed by atoms with Gasteiger partial charge in [-0.3, -0.25) is 0 Å². The van der Waals surface area contributed by atoms with Crippen LogP contribution in [0.2, 0.25) is 0 Å². The van der Waals surface area contributed by atoms with Crippen LogP contribution < -0.4 is 0 Å². The van der Waals surface area contributed by atoms with Crippen molar-refractivity contribution in [3.63, 3.8) is 0 Å². The SMILES string of the molecule is C[C@]12CC[C@@H]3[C@H](CC[C@H]4CCCC[C@@]43C)[C@@H]1[C@H](C#N)/C(=N/O)C2. The Labute approximate surface area is 140 Å². The van der Waals surface area contributed by atoms with Crippen LogP contribution in [0.3, 0.4) is 0 Å². The van der Waals surface area contributed by atoms with E-state index < -0.39 is 0 Å². The van der Waals surface area contributed by atoms with Crippen molar-refractivity contribution < 1.29 is 5.21 Å². The molecule has 4 saturated carbocycles. The van der Waals surface area contributed by atoms with Gasteiger partial charge in [-0.2, -0.15) is 5.26 Å². The zero-order valence-electron chi connectivity index (χ0n) is 14.6. The number of hydrogen-bond donors (Lipinski definition) is 1. The second-order valence-electron chi connectivity index (χ2n) is 9.39. The van der Waals surface area contributed by atoms with Crippen molar-refractivity contribution in [2.24, 2.45) is 45.6 Å². The van der Waals surface area contributed by atoms with Gasteiger partial charge in [-0.15, -0.1) is 0 Å². The first-order valence-corrected chi connectivity index (χ1v) is 9.64. The molecule has 0 aliphatic heterocycles. The van der Waals surface area contributed by atoms with Crippen molar-refractivity contribution >= 4 is 5.71 Å². The summed E-state index contributed by atoms with van der Waals surface area (Å²) in [4.78, 5) is 0. The summed E-state index contributed by atoms with van der Waals surface area (Å²) in [6, 6.07) is 2.52. The third-order valence-electron chi connectivity index (χ3n) is 8.53. The molecule has 0 saturated heterocycles. The molecule has 0 unspecified atom stereocenters. The van der Waals surface area contributed by atoms with E-state index in [1.807, 2.05) is 0 Å². The number of fused-ring (bicyclic) bond motifs is 5. The summed E-state index contributed by atoms with van der Waals surface area (Å²) in [6.07, 6.45) is 11.6. The Hall–Kier alpha value is -1.04. The Morgan fingerprint density at radius 2 is 1.96 bits per heavy atom. The van der Waals surface area contributed by atoms with Crippen molar-refractivity contribution in [2.45, 2.75) is 71.6 Å². The van der Waals surface area contributed by atoms with Gasteiger partial charge in [0, 0.05) is 0 Å². The number of nitriles is 1. The Morgan fingerprint density at radius 1 is 1.13 bits per heavy atom. The van der Waals surface area contributed by atoms with E-state index in [9.17, 15) is 10.5 Å². The van der Waals surface area contributed by atoms with Gasteiger partial charge in [0.2, 0.25) is 0 Å². The number of rotatable bonds is 0. The molecule has 1 N–H and O–H groups in total. The monoisotopic (exact) mass is 314 g/mol. The maximum absolute atomic E-state index is 9.77. The van der Waals surface area contributed by atoms with Crippen LogP contribution in [-0.4, -0.2) is 10.9 Å². The minimum absolute atomic E-state index is 0.151. The van der Waals surface area contributed by atoms with Gasteiger partial charge in [0.25, 0.3) is 0 Å². The van der Waals surface area contributed by atoms with Crippen molar-refractivity contribution in [2.75, 3.05) is 0 Å². The molecule has 4 fully saturated rings. The first-order valence-electron chi connectivity index (χ1n) is 9.64. The van der Waals surface area contributed by atoms with E-state index in [-0.39, 0.29) is 11.3 Å². The topological polar surface area (TPSA) is 56.4 Å². The fraction of sp³-hybridized carbons (Fsp3) is 0.900. The molecule has 0 spiro atoms. The Kier molecular flexibility index (Phi) is 3.52. The summed E-state index contributed by atoms with van der Waals surface area (Å²) in [5.41, 5.74) is 1.44. The predicted molar refractivity (Wildman–Crippen MR) is 90.1 cm³/mol. The first-order chi connectivity index (χ1) is 11.0. The van der Waals surface area contributed by atoms with Crippen LogP contribution >= 0.6 is 0 Å². The van der Waals surface area contributed by atoms with Crippen LogP contribution in [0.15, 0.2) is 5.16 Å². The zero-order valence-corrected chi connectivity index (χ0v) is 14.6. The second-order valence-corrected chi connectivity index (χ2v) is 9.39. The van der Waals surface area contributed by atoms with Crippen LogP contribution in [0.25, 0.3) is 0 Å². The minimum Gasteiger partial charge on any atom is -0.411 e. The van der Waals surface area contributed by atoms with Gasteiger partial charge in [0.1, 0.15) is 0 Å². The molecule has 0 aromatic carbocycles. The van der Waals surface area contributed by atoms with Crippen LogP contribution in [0.5, 0.6) is 0 Å². The molecule has 23 heavy (non-hydrogen) atoms. The van der Waals surface area contributed by atoms with E-state index >= 15 is 0 Å². The molecule has 4 aliphatic rings.